The van der Waals surface area contributed by atoms with Crippen molar-refractivity contribution < 1.29 is 18.0 Å². The molecule has 2 amide bonds. The summed E-state index contributed by atoms with van der Waals surface area (Å²) < 4.78 is 22.4. The van der Waals surface area contributed by atoms with Crippen LogP contribution in [0, 0.1) is 5.92 Å². The molecule has 0 spiro atoms. The van der Waals surface area contributed by atoms with Crippen molar-refractivity contribution in [3.05, 3.63) is 54.1 Å². The van der Waals surface area contributed by atoms with Crippen LogP contribution in [-0.2, 0) is 21.4 Å². The van der Waals surface area contributed by atoms with Gasteiger partial charge in [-0.15, -0.1) is 0 Å². The van der Waals surface area contributed by atoms with E-state index in [4.69, 9.17) is 5.14 Å². The summed E-state index contributed by atoms with van der Waals surface area (Å²) in [5.74, 6) is -0.691. The van der Waals surface area contributed by atoms with E-state index in [-0.39, 0.29) is 34.9 Å². The highest BCUT2D eigenvalue weighted by molar-refractivity contribution is 7.89. The van der Waals surface area contributed by atoms with Crippen LogP contribution in [0.5, 0.6) is 0 Å². The minimum absolute atomic E-state index is 0.0183. The number of rotatable bonds is 5. The molecule has 1 aliphatic rings. The zero-order valence-corrected chi connectivity index (χ0v) is 14.5. The fourth-order valence-electron chi connectivity index (χ4n) is 2.51. The Labute approximate surface area is 150 Å². The van der Waals surface area contributed by atoms with Crippen LogP contribution in [0.2, 0.25) is 0 Å². The third kappa shape index (κ3) is 4.03. The maximum Gasteiger partial charge on any atom is 0.274 e. The SMILES string of the molecule is NS(=O)(=O)c1ccc(CNC(=O)C2CN(C(=O)c3cnccn3)C2)cc1. The van der Waals surface area contributed by atoms with Crippen LogP contribution < -0.4 is 10.5 Å². The molecule has 0 unspecified atom stereocenters. The predicted octanol–water partition coefficient (Wildman–Crippen LogP) is -0.488. The first-order valence-electron chi connectivity index (χ1n) is 7.79. The molecule has 3 N–H and O–H groups in total. The molecule has 1 aromatic carbocycles. The van der Waals surface area contributed by atoms with Crippen molar-refractivity contribution in [3.63, 3.8) is 0 Å². The molecular weight excluding hydrogens is 358 g/mol. The van der Waals surface area contributed by atoms with Gasteiger partial charge < -0.3 is 10.2 Å². The smallest absolute Gasteiger partial charge is 0.274 e. The van der Waals surface area contributed by atoms with Gasteiger partial charge in [0, 0.05) is 32.0 Å². The molecule has 0 atom stereocenters. The van der Waals surface area contributed by atoms with Crippen molar-refractivity contribution in [1.29, 1.82) is 0 Å². The number of benzene rings is 1. The average Bonchev–Trinajstić information content (AvgIpc) is 2.59. The number of nitrogens with zero attached hydrogens (tertiary/aromatic N) is 3. The maximum atomic E-state index is 12.1. The van der Waals surface area contributed by atoms with Crippen molar-refractivity contribution in [1.82, 2.24) is 20.2 Å². The Bertz CT molecular complexity index is 909. The first-order valence-corrected chi connectivity index (χ1v) is 9.34. The summed E-state index contributed by atoms with van der Waals surface area (Å²) in [6, 6.07) is 5.96. The second kappa shape index (κ2) is 7.18. The second-order valence-corrected chi connectivity index (χ2v) is 7.47. The number of primary sulfonamides is 1. The summed E-state index contributed by atoms with van der Waals surface area (Å²) in [5, 5.41) is 7.81. The van der Waals surface area contributed by atoms with E-state index in [1.165, 1.54) is 35.6 Å². The number of nitrogens with one attached hydrogen (secondary N) is 1. The molecule has 2 aromatic rings. The van der Waals surface area contributed by atoms with Gasteiger partial charge in [0.05, 0.1) is 17.0 Å². The van der Waals surface area contributed by atoms with Crippen molar-refractivity contribution >= 4 is 21.8 Å². The molecule has 1 aliphatic heterocycles. The number of amides is 2. The van der Waals surface area contributed by atoms with Crippen LogP contribution >= 0.6 is 0 Å². The minimum atomic E-state index is -3.73. The van der Waals surface area contributed by atoms with Gasteiger partial charge in [0.2, 0.25) is 15.9 Å². The van der Waals surface area contributed by atoms with Gasteiger partial charge in [0.15, 0.2) is 0 Å². The summed E-state index contributed by atoms with van der Waals surface area (Å²) in [4.78, 5) is 33.6. The molecule has 1 saturated heterocycles. The van der Waals surface area contributed by atoms with Gasteiger partial charge in [-0.05, 0) is 17.7 Å². The molecule has 2 heterocycles. The lowest BCUT2D eigenvalue weighted by atomic mass is 9.98. The zero-order valence-electron chi connectivity index (χ0n) is 13.7. The van der Waals surface area contributed by atoms with E-state index in [2.05, 4.69) is 15.3 Å². The second-order valence-electron chi connectivity index (χ2n) is 5.90. The molecule has 26 heavy (non-hydrogen) atoms. The van der Waals surface area contributed by atoms with Crippen LogP contribution in [0.1, 0.15) is 16.1 Å². The lowest BCUT2D eigenvalue weighted by molar-refractivity contribution is -0.129. The third-order valence-corrected chi connectivity index (χ3v) is 4.97. The molecule has 0 radical (unpaired) electrons. The summed E-state index contributed by atoms with van der Waals surface area (Å²) in [6.07, 6.45) is 4.32. The van der Waals surface area contributed by atoms with Gasteiger partial charge in [-0.25, -0.2) is 18.5 Å². The van der Waals surface area contributed by atoms with Gasteiger partial charge in [-0.1, -0.05) is 12.1 Å². The molecule has 0 saturated carbocycles. The molecular formula is C16H17N5O4S. The quantitative estimate of drug-likeness (QED) is 0.724. The molecule has 3 rings (SSSR count). The molecule has 0 aliphatic carbocycles. The van der Waals surface area contributed by atoms with Crippen LogP contribution in [0.25, 0.3) is 0 Å². The van der Waals surface area contributed by atoms with Gasteiger partial charge >= 0.3 is 0 Å². The summed E-state index contributed by atoms with van der Waals surface area (Å²) in [6.45, 7) is 0.912. The molecule has 9 nitrogen and oxygen atoms in total. The van der Waals surface area contributed by atoms with E-state index in [1.54, 1.807) is 12.1 Å². The standard InChI is InChI=1S/C16H17N5O4S/c17-26(24,25)13-3-1-11(2-4-13)7-20-15(22)12-9-21(10-12)16(23)14-8-18-5-6-19-14/h1-6,8,12H,7,9-10H2,(H,20,22)(H2,17,24,25). The number of aromatic nitrogens is 2. The zero-order chi connectivity index (χ0) is 18.7. The number of hydrogen-bond acceptors (Lipinski definition) is 6. The Balaban J connectivity index is 1.48. The van der Waals surface area contributed by atoms with Crippen LogP contribution in [0.15, 0.2) is 47.8 Å². The summed E-state index contributed by atoms with van der Waals surface area (Å²) in [7, 11) is -3.73. The van der Waals surface area contributed by atoms with Crippen LogP contribution in [-0.4, -0.2) is 48.2 Å². The van der Waals surface area contributed by atoms with Gasteiger partial charge in [0.1, 0.15) is 5.69 Å². The highest BCUT2D eigenvalue weighted by Gasteiger charge is 2.36. The predicted molar refractivity (Wildman–Crippen MR) is 91.1 cm³/mol. The van der Waals surface area contributed by atoms with Gasteiger partial charge in [-0.3, -0.25) is 14.6 Å². The van der Waals surface area contributed by atoms with Crippen LogP contribution in [0.4, 0.5) is 0 Å². The molecule has 10 heteroatoms. The largest absolute Gasteiger partial charge is 0.352 e. The minimum Gasteiger partial charge on any atom is -0.352 e. The third-order valence-electron chi connectivity index (χ3n) is 4.04. The van der Waals surface area contributed by atoms with E-state index < -0.39 is 10.0 Å². The van der Waals surface area contributed by atoms with Gasteiger partial charge in [-0.2, -0.15) is 0 Å². The number of sulfonamides is 1. The Morgan fingerprint density at radius 3 is 2.46 bits per heavy atom. The first-order chi connectivity index (χ1) is 12.3. The normalized spacial score (nSPS) is 14.6. The fourth-order valence-corrected chi connectivity index (χ4v) is 3.03. The van der Waals surface area contributed by atoms with Crippen LogP contribution in [0.3, 0.4) is 0 Å². The Kier molecular flexibility index (Phi) is 4.96. The number of hydrogen-bond donors (Lipinski definition) is 2. The number of carbonyl (C=O) groups is 2. The molecule has 1 fully saturated rings. The number of likely N-dealkylation sites (tertiary alicyclic amines) is 1. The lowest BCUT2D eigenvalue weighted by Gasteiger charge is -2.37. The topological polar surface area (TPSA) is 135 Å². The van der Waals surface area contributed by atoms with Gasteiger partial charge in [0.25, 0.3) is 5.91 Å². The molecule has 1 aromatic heterocycles. The van der Waals surface area contributed by atoms with E-state index in [0.29, 0.717) is 13.1 Å². The Morgan fingerprint density at radius 1 is 1.19 bits per heavy atom. The maximum absolute atomic E-state index is 12.1. The summed E-state index contributed by atoms with van der Waals surface area (Å²) >= 11 is 0. The number of nitrogens with two attached hydrogens (primary N) is 1. The van der Waals surface area contributed by atoms with E-state index in [1.807, 2.05) is 0 Å². The average molecular weight is 375 g/mol. The lowest BCUT2D eigenvalue weighted by Crippen LogP contribution is -2.55. The van der Waals surface area contributed by atoms with Crippen molar-refractivity contribution in [2.45, 2.75) is 11.4 Å². The van der Waals surface area contributed by atoms with E-state index >= 15 is 0 Å². The Hall–Kier alpha value is -2.85. The first kappa shape index (κ1) is 18.0. The fraction of sp³-hybridized carbons (Fsp3) is 0.250. The Morgan fingerprint density at radius 2 is 1.88 bits per heavy atom. The monoisotopic (exact) mass is 375 g/mol. The van der Waals surface area contributed by atoms with E-state index in [0.717, 1.165) is 5.56 Å². The van der Waals surface area contributed by atoms with Crippen molar-refractivity contribution in [2.24, 2.45) is 11.1 Å². The van der Waals surface area contributed by atoms with Crippen molar-refractivity contribution in [2.75, 3.05) is 13.1 Å². The van der Waals surface area contributed by atoms with E-state index in [9.17, 15) is 18.0 Å². The highest BCUT2D eigenvalue weighted by Crippen LogP contribution is 2.18. The molecule has 0 bridgehead atoms. The number of carbonyl (C=O) groups excluding carboxylic acids is 2. The highest BCUT2D eigenvalue weighted by atomic mass is 32.2. The summed E-state index contributed by atoms with van der Waals surface area (Å²) in [5.41, 5.74) is 0.999. The van der Waals surface area contributed by atoms with Crippen molar-refractivity contribution in [3.8, 4) is 0 Å². The molecule has 136 valence electrons.